The van der Waals surface area contributed by atoms with Crippen molar-refractivity contribution in [3.8, 4) is 6.01 Å². The molecule has 0 saturated heterocycles. The monoisotopic (exact) mass is 402 g/mol. The van der Waals surface area contributed by atoms with E-state index in [1.807, 2.05) is 6.92 Å². The number of hydrogen-bond donors (Lipinski definition) is 1. The minimum Gasteiger partial charge on any atom is -0.467 e. The van der Waals surface area contributed by atoms with Gasteiger partial charge in [0.2, 0.25) is 4.80 Å². The molecule has 3 rings (SSSR count). The van der Waals surface area contributed by atoms with Crippen LogP contribution in [-0.2, 0) is 16.8 Å². The first kappa shape index (κ1) is 18.4. The van der Waals surface area contributed by atoms with Crippen LogP contribution in [0.2, 0.25) is 0 Å². The number of amides is 1. The number of nitrogens with one attached hydrogen (secondary N) is 1. The van der Waals surface area contributed by atoms with Crippen LogP contribution in [-0.4, -0.2) is 40.5 Å². The predicted octanol–water partition coefficient (Wildman–Crippen LogP) is 0.0647. The summed E-state index contributed by atoms with van der Waals surface area (Å²) >= 11 is 1.12. The van der Waals surface area contributed by atoms with Gasteiger partial charge in [-0.3, -0.25) is 0 Å². The summed E-state index contributed by atoms with van der Waals surface area (Å²) < 4.78 is 38.0. The van der Waals surface area contributed by atoms with Crippen molar-refractivity contribution in [2.45, 2.75) is 38.8 Å². The Labute approximate surface area is 152 Å². The van der Waals surface area contributed by atoms with Crippen LogP contribution in [0.5, 0.6) is 6.01 Å². The summed E-state index contributed by atoms with van der Waals surface area (Å²) in [6, 6.07) is -1.34. The van der Waals surface area contributed by atoms with E-state index in [2.05, 4.69) is 9.50 Å². The number of hydrogen-bond acceptors (Lipinski definition) is 7. The van der Waals surface area contributed by atoms with Gasteiger partial charge in [-0.25, -0.2) is 18.9 Å². The Morgan fingerprint density at radius 2 is 2.23 bits per heavy atom. The van der Waals surface area contributed by atoms with Gasteiger partial charge in [-0.2, -0.15) is 8.42 Å². The molecule has 0 spiro atoms. The molecule has 0 atom stereocenters. The first-order valence-corrected chi connectivity index (χ1v) is 10.2. The molecule has 13 heteroatoms. The minimum absolute atomic E-state index is 0.0407. The minimum atomic E-state index is -4.36. The van der Waals surface area contributed by atoms with Crippen LogP contribution in [0, 0.1) is 0 Å². The first-order chi connectivity index (χ1) is 12.4. The van der Waals surface area contributed by atoms with E-state index in [0.29, 0.717) is 11.2 Å². The molecule has 0 bridgehead atoms. The van der Waals surface area contributed by atoms with Gasteiger partial charge in [0.15, 0.2) is 0 Å². The van der Waals surface area contributed by atoms with Gasteiger partial charge in [0.25, 0.3) is 0 Å². The lowest BCUT2D eigenvalue weighted by atomic mass is 10.5. The van der Waals surface area contributed by atoms with Gasteiger partial charge in [-0.15, -0.1) is 25.5 Å². The summed E-state index contributed by atoms with van der Waals surface area (Å²) in [5, 5.41) is 5.43. The van der Waals surface area contributed by atoms with Gasteiger partial charge < -0.3 is 9.30 Å². The maximum atomic E-state index is 12.3. The summed E-state index contributed by atoms with van der Waals surface area (Å²) in [4.78, 5) is 24.8. The van der Waals surface area contributed by atoms with E-state index in [0.717, 1.165) is 30.6 Å². The lowest BCUT2D eigenvalue weighted by molar-refractivity contribution is 0.243. The zero-order valence-corrected chi connectivity index (χ0v) is 15.8. The number of carbonyl (C=O) groups excluding carboxylic acids is 1. The molecule has 1 N–H and O–H groups in total. The standard InChI is InChI=1S/C13H18N6O5S2/c1-3-6-17-7-8-25-12(17)16-26(22,23)15-10(20)19-13(21)18(9-4-5-9)11(14-19)24-2/h7-9H,3-6H2,1-2H3,(H,15,20)/b16-12+. The Bertz CT molecular complexity index is 1040. The molecule has 26 heavy (non-hydrogen) atoms. The van der Waals surface area contributed by atoms with E-state index in [1.54, 1.807) is 20.9 Å². The Hall–Kier alpha value is -2.41. The number of nitrogens with zero attached hydrogens (tertiary/aromatic N) is 5. The molecule has 142 valence electrons. The average molecular weight is 402 g/mol. The highest BCUT2D eigenvalue weighted by Crippen LogP contribution is 2.35. The molecule has 0 unspecified atom stereocenters. The highest BCUT2D eigenvalue weighted by Gasteiger charge is 2.32. The van der Waals surface area contributed by atoms with Crippen molar-refractivity contribution in [3.63, 3.8) is 0 Å². The molecule has 1 amide bonds. The van der Waals surface area contributed by atoms with Crippen molar-refractivity contribution >= 4 is 27.6 Å². The Morgan fingerprint density at radius 1 is 1.50 bits per heavy atom. The number of rotatable bonds is 6. The quantitative estimate of drug-likeness (QED) is 0.727. The van der Waals surface area contributed by atoms with Gasteiger partial charge >= 0.3 is 27.9 Å². The van der Waals surface area contributed by atoms with Crippen molar-refractivity contribution in [1.82, 2.24) is 23.6 Å². The molecule has 1 fully saturated rings. The second-order valence-electron chi connectivity index (χ2n) is 5.63. The van der Waals surface area contributed by atoms with E-state index >= 15 is 0 Å². The van der Waals surface area contributed by atoms with Gasteiger partial charge in [0, 0.05) is 24.2 Å². The topological polar surface area (TPSA) is 130 Å². The van der Waals surface area contributed by atoms with Crippen molar-refractivity contribution in [2.24, 2.45) is 4.40 Å². The average Bonchev–Trinajstić information content (AvgIpc) is 3.23. The van der Waals surface area contributed by atoms with E-state index < -0.39 is 21.9 Å². The zero-order chi connectivity index (χ0) is 18.9. The fourth-order valence-corrected chi connectivity index (χ4v) is 4.08. The van der Waals surface area contributed by atoms with E-state index in [9.17, 15) is 18.0 Å². The molecule has 11 nitrogen and oxygen atoms in total. The van der Waals surface area contributed by atoms with Crippen LogP contribution in [0.25, 0.3) is 0 Å². The molecule has 0 aromatic carbocycles. The summed E-state index contributed by atoms with van der Waals surface area (Å²) in [7, 11) is -3.04. The highest BCUT2D eigenvalue weighted by molar-refractivity contribution is 7.88. The summed E-state index contributed by atoms with van der Waals surface area (Å²) in [6.45, 7) is 2.54. The number of aryl methyl sites for hydroxylation is 1. The number of methoxy groups -OCH3 is 1. The van der Waals surface area contributed by atoms with Crippen LogP contribution >= 0.6 is 11.3 Å². The lowest BCUT2D eigenvalue weighted by Gasteiger charge is -2.02. The van der Waals surface area contributed by atoms with Gasteiger partial charge in [-0.05, 0) is 19.3 Å². The molecular weight excluding hydrogens is 384 g/mol. The molecule has 1 saturated carbocycles. The Kier molecular flexibility index (Phi) is 5.00. The fraction of sp³-hybridized carbons (Fsp3) is 0.538. The van der Waals surface area contributed by atoms with E-state index in [4.69, 9.17) is 4.74 Å². The van der Waals surface area contributed by atoms with Crippen LogP contribution in [0.3, 0.4) is 0 Å². The number of ether oxygens (including phenoxy) is 1. The third-order valence-corrected chi connectivity index (χ3v) is 5.36. The number of aromatic nitrogens is 4. The number of thiazole rings is 1. The zero-order valence-electron chi connectivity index (χ0n) is 14.2. The molecule has 2 aromatic heterocycles. The third kappa shape index (κ3) is 3.72. The van der Waals surface area contributed by atoms with Gasteiger partial charge in [0.05, 0.1) is 7.11 Å². The fourth-order valence-electron chi connectivity index (χ4n) is 2.34. The van der Waals surface area contributed by atoms with E-state index in [-0.39, 0.29) is 16.9 Å². The predicted molar refractivity (Wildman–Crippen MR) is 92.3 cm³/mol. The first-order valence-electron chi connectivity index (χ1n) is 7.89. The second kappa shape index (κ2) is 7.07. The molecule has 2 aromatic rings. The Balaban J connectivity index is 1.88. The van der Waals surface area contributed by atoms with Crippen molar-refractivity contribution in [1.29, 1.82) is 0 Å². The van der Waals surface area contributed by atoms with Crippen LogP contribution < -0.4 is 20.0 Å². The van der Waals surface area contributed by atoms with Crippen molar-refractivity contribution < 1.29 is 17.9 Å². The maximum Gasteiger partial charge on any atom is 0.361 e. The molecule has 2 heterocycles. The molecule has 0 radical (unpaired) electrons. The van der Waals surface area contributed by atoms with Crippen LogP contribution in [0.1, 0.15) is 32.2 Å². The normalized spacial score (nSPS) is 15.2. The molecule has 1 aliphatic rings. The molecular formula is C13H18N6O5S2. The Morgan fingerprint density at radius 3 is 2.85 bits per heavy atom. The second-order valence-corrected chi connectivity index (χ2v) is 7.84. The lowest BCUT2D eigenvalue weighted by Crippen LogP contribution is -2.40. The summed E-state index contributed by atoms with van der Waals surface area (Å²) in [5.74, 6) is 0. The van der Waals surface area contributed by atoms with Crippen molar-refractivity contribution in [3.05, 3.63) is 26.9 Å². The highest BCUT2D eigenvalue weighted by atomic mass is 32.2. The van der Waals surface area contributed by atoms with E-state index in [1.165, 1.54) is 11.7 Å². The number of carbonyl (C=O) groups is 1. The smallest absolute Gasteiger partial charge is 0.361 e. The molecule has 0 aliphatic heterocycles. The van der Waals surface area contributed by atoms with Gasteiger partial charge in [-0.1, -0.05) is 6.92 Å². The van der Waals surface area contributed by atoms with Crippen LogP contribution in [0.4, 0.5) is 4.79 Å². The van der Waals surface area contributed by atoms with Crippen LogP contribution in [0.15, 0.2) is 20.8 Å². The van der Waals surface area contributed by atoms with Crippen molar-refractivity contribution in [2.75, 3.05) is 7.11 Å². The summed E-state index contributed by atoms with van der Waals surface area (Å²) in [5.41, 5.74) is -0.755. The molecule has 1 aliphatic carbocycles. The van der Waals surface area contributed by atoms with Gasteiger partial charge in [0.1, 0.15) is 0 Å². The third-order valence-electron chi connectivity index (χ3n) is 3.60. The largest absolute Gasteiger partial charge is 0.467 e. The summed E-state index contributed by atoms with van der Waals surface area (Å²) in [6.07, 6.45) is 4.04. The SMILES string of the molecule is CCCn1ccs/c1=N/S(=O)(=O)NC(=O)n1nc(OC)n(C2CC2)c1=O. The maximum absolute atomic E-state index is 12.3.